The van der Waals surface area contributed by atoms with Crippen LogP contribution in [-0.2, 0) is 12.0 Å². The molecule has 0 bridgehead atoms. The Labute approximate surface area is 161 Å². The molecule has 2 aromatic carbocycles. The first-order valence-corrected chi connectivity index (χ1v) is 9.58. The lowest BCUT2D eigenvalue weighted by atomic mass is 9.64. The van der Waals surface area contributed by atoms with Crippen molar-refractivity contribution in [3.63, 3.8) is 0 Å². The normalized spacial score (nSPS) is 20.3. The van der Waals surface area contributed by atoms with Crippen molar-refractivity contribution >= 4 is 5.91 Å². The Morgan fingerprint density at radius 1 is 1.19 bits per heavy atom. The van der Waals surface area contributed by atoms with Crippen LogP contribution in [0.4, 0.5) is 0 Å². The monoisotopic (exact) mass is 359 g/mol. The summed E-state index contributed by atoms with van der Waals surface area (Å²) >= 11 is 0. The Bertz CT molecular complexity index is 894. The van der Waals surface area contributed by atoms with Gasteiger partial charge in [0.25, 0.3) is 5.91 Å². The summed E-state index contributed by atoms with van der Waals surface area (Å²) in [4.78, 5) is 17.0. The molecule has 27 heavy (non-hydrogen) atoms. The van der Waals surface area contributed by atoms with Crippen molar-refractivity contribution in [3.8, 4) is 6.07 Å². The SMILES string of the molecule is CN(C)Cc1ccc2c(c1)C(C#N)N(CC1(c3ccccc3)CCC1)C2=O. The van der Waals surface area contributed by atoms with Crippen molar-refractivity contribution in [1.29, 1.82) is 5.26 Å². The van der Waals surface area contributed by atoms with Crippen molar-refractivity contribution in [2.45, 2.75) is 37.3 Å². The number of fused-ring (bicyclic) bond motifs is 1. The number of rotatable bonds is 5. The summed E-state index contributed by atoms with van der Waals surface area (Å²) in [6.45, 7) is 1.42. The Kier molecular flexibility index (Phi) is 4.49. The Morgan fingerprint density at radius 2 is 1.93 bits per heavy atom. The molecule has 1 atom stereocenters. The van der Waals surface area contributed by atoms with Crippen LogP contribution in [0.1, 0.15) is 52.4 Å². The van der Waals surface area contributed by atoms with Gasteiger partial charge in [-0.3, -0.25) is 4.79 Å². The van der Waals surface area contributed by atoms with Gasteiger partial charge in [0, 0.05) is 29.6 Å². The predicted molar refractivity (Wildman–Crippen MR) is 105 cm³/mol. The molecule has 0 saturated heterocycles. The van der Waals surface area contributed by atoms with Gasteiger partial charge in [-0.25, -0.2) is 0 Å². The molecule has 1 aliphatic heterocycles. The highest BCUT2D eigenvalue weighted by Gasteiger charge is 2.46. The highest BCUT2D eigenvalue weighted by molar-refractivity contribution is 5.99. The molecule has 4 rings (SSSR count). The zero-order valence-corrected chi connectivity index (χ0v) is 16.0. The van der Waals surface area contributed by atoms with Gasteiger partial charge in [0.1, 0.15) is 6.04 Å². The Balaban J connectivity index is 1.66. The van der Waals surface area contributed by atoms with Crippen LogP contribution < -0.4 is 0 Å². The molecule has 1 saturated carbocycles. The summed E-state index contributed by atoms with van der Waals surface area (Å²) < 4.78 is 0. The topological polar surface area (TPSA) is 47.3 Å². The molecular weight excluding hydrogens is 334 g/mol. The van der Waals surface area contributed by atoms with Crippen molar-refractivity contribution in [2.75, 3.05) is 20.6 Å². The molecule has 0 N–H and O–H groups in total. The number of benzene rings is 2. The van der Waals surface area contributed by atoms with Gasteiger partial charge in [-0.1, -0.05) is 48.9 Å². The molecule has 1 amide bonds. The highest BCUT2D eigenvalue weighted by atomic mass is 16.2. The average molecular weight is 359 g/mol. The quantitative estimate of drug-likeness (QED) is 0.814. The van der Waals surface area contributed by atoms with E-state index >= 15 is 0 Å². The molecule has 0 radical (unpaired) electrons. The van der Waals surface area contributed by atoms with Crippen LogP contribution in [0, 0.1) is 11.3 Å². The molecule has 2 aromatic rings. The lowest BCUT2D eigenvalue weighted by Gasteiger charge is -2.45. The third kappa shape index (κ3) is 3.02. The second-order valence-electron chi connectivity index (χ2n) is 8.12. The minimum absolute atomic E-state index is 0.00448. The van der Waals surface area contributed by atoms with E-state index in [4.69, 9.17) is 0 Å². The molecule has 4 heteroatoms. The van der Waals surface area contributed by atoms with Gasteiger partial charge in [0.15, 0.2) is 0 Å². The van der Waals surface area contributed by atoms with E-state index < -0.39 is 6.04 Å². The summed E-state index contributed by atoms with van der Waals surface area (Å²) in [5, 5.41) is 9.88. The number of hydrogen-bond donors (Lipinski definition) is 0. The third-order valence-corrected chi connectivity index (χ3v) is 6.00. The average Bonchev–Trinajstić information content (AvgIpc) is 2.89. The van der Waals surface area contributed by atoms with Crippen LogP contribution >= 0.6 is 0 Å². The lowest BCUT2D eigenvalue weighted by molar-refractivity contribution is 0.0645. The fourth-order valence-corrected chi connectivity index (χ4v) is 4.50. The van der Waals surface area contributed by atoms with E-state index in [-0.39, 0.29) is 11.3 Å². The van der Waals surface area contributed by atoms with Gasteiger partial charge >= 0.3 is 0 Å². The first kappa shape index (κ1) is 17.8. The van der Waals surface area contributed by atoms with Crippen LogP contribution in [0.15, 0.2) is 48.5 Å². The first-order valence-electron chi connectivity index (χ1n) is 9.58. The lowest BCUT2D eigenvalue weighted by Crippen LogP contribution is -2.46. The van der Waals surface area contributed by atoms with Crippen molar-refractivity contribution < 1.29 is 4.79 Å². The summed E-state index contributed by atoms with van der Waals surface area (Å²) in [5.41, 5.74) is 3.96. The second-order valence-corrected chi connectivity index (χ2v) is 8.12. The molecule has 138 valence electrons. The van der Waals surface area contributed by atoms with Crippen molar-refractivity contribution in [1.82, 2.24) is 9.80 Å². The van der Waals surface area contributed by atoms with Gasteiger partial charge < -0.3 is 9.80 Å². The van der Waals surface area contributed by atoms with Crippen LogP contribution in [0.3, 0.4) is 0 Å². The fourth-order valence-electron chi connectivity index (χ4n) is 4.50. The molecule has 1 aliphatic carbocycles. The number of amides is 1. The molecule has 1 fully saturated rings. The van der Waals surface area contributed by atoms with E-state index in [0.717, 1.165) is 30.5 Å². The van der Waals surface area contributed by atoms with Gasteiger partial charge in [-0.05, 0) is 44.1 Å². The molecule has 1 heterocycles. The largest absolute Gasteiger partial charge is 0.318 e. The maximum absolute atomic E-state index is 13.1. The molecule has 0 spiro atoms. The number of carbonyl (C=O) groups is 1. The fraction of sp³-hybridized carbons (Fsp3) is 0.391. The minimum atomic E-state index is -0.490. The van der Waals surface area contributed by atoms with Crippen molar-refractivity contribution in [2.24, 2.45) is 0 Å². The van der Waals surface area contributed by atoms with Gasteiger partial charge in [-0.15, -0.1) is 0 Å². The summed E-state index contributed by atoms with van der Waals surface area (Å²) in [6.07, 6.45) is 3.32. The summed E-state index contributed by atoms with van der Waals surface area (Å²) in [5.74, 6) is -0.00448. The van der Waals surface area contributed by atoms with E-state index in [1.807, 2.05) is 38.4 Å². The zero-order valence-electron chi connectivity index (χ0n) is 16.0. The molecule has 2 aliphatic rings. The molecular formula is C23H25N3O. The second kappa shape index (κ2) is 6.83. The number of hydrogen-bond acceptors (Lipinski definition) is 3. The van der Waals surface area contributed by atoms with Gasteiger partial charge in [-0.2, -0.15) is 5.26 Å². The maximum atomic E-state index is 13.1. The third-order valence-electron chi connectivity index (χ3n) is 6.00. The molecule has 4 nitrogen and oxygen atoms in total. The van der Waals surface area contributed by atoms with Gasteiger partial charge in [0.05, 0.1) is 6.07 Å². The van der Waals surface area contributed by atoms with E-state index in [1.54, 1.807) is 4.90 Å². The van der Waals surface area contributed by atoms with E-state index in [1.165, 1.54) is 12.0 Å². The predicted octanol–water partition coefficient (Wildman–Crippen LogP) is 3.89. The van der Waals surface area contributed by atoms with Crippen LogP contribution in [0.25, 0.3) is 0 Å². The number of nitrogens with zero attached hydrogens (tertiary/aromatic N) is 3. The molecule has 0 aromatic heterocycles. The Morgan fingerprint density at radius 3 is 2.52 bits per heavy atom. The van der Waals surface area contributed by atoms with Crippen LogP contribution in [-0.4, -0.2) is 36.3 Å². The first-order chi connectivity index (χ1) is 13.0. The van der Waals surface area contributed by atoms with Crippen LogP contribution in [0.5, 0.6) is 0 Å². The Hall–Kier alpha value is -2.64. The summed E-state index contributed by atoms with van der Waals surface area (Å²) in [6, 6.07) is 18.3. The maximum Gasteiger partial charge on any atom is 0.255 e. The zero-order chi connectivity index (χ0) is 19.0. The number of nitriles is 1. The van der Waals surface area contributed by atoms with Crippen LogP contribution in [0.2, 0.25) is 0 Å². The van der Waals surface area contributed by atoms with E-state index in [2.05, 4.69) is 35.2 Å². The standard InChI is InChI=1S/C23H25N3O/c1-25(2)15-17-9-10-19-20(13-17)21(14-24)26(22(19)27)16-23(11-6-12-23)18-7-4-3-5-8-18/h3-5,7-10,13,21H,6,11-12,15-16H2,1-2H3. The number of carbonyl (C=O) groups excluding carboxylic acids is 1. The summed E-state index contributed by atoms with van der Waals surface area (Å²) in [7, 11) is 4.04. The van der Waals surface area contributed by atoms with E-state index in [9.17, 15) is 10.1 Å². The van der Waals surface area contributed by atoms with E-state index in [0.29, 0.717) is 12.1 Å². The molecule has 1 unspecified atom stereocenters. The van der Waals surface area contributed by atoms with Gasteiger partial charge in [0.2, 0.25) is 0 Å². The van der Waals surface area contributed by atoms with Crippen molar-refractivity contribution in [3.05, 3.63) is 70.8 Å². The highest BCUT2D eigenvalue weighted by Crippen LogP contribution is 2.47. The minimum Gasteiger partial charge on any atom is -0.318 e. The smallest absolute Gasteiger partial charge is 0.255 e.